The number of nitrogens with one attached hydrogen (secondary N) is 1. The van der Waals surface area contributed by atoms with Crippen LogP contribution in [0.1, 0.15) is 17.3 Å². The van der Waals surface area contributed by atoms with Gasteiger partial charge >= 0.3 is 0 Å². The summed E-state index contributed by atoms with van der Waals surface area (Å²) in [7, 11) is 0. The second kappa shape index (κ2) is 7.14. The van der Waals surface area contributed by atoms with E-state index in [2.05, 4.69) is 15.6 Å². The Balaban J connectivity index is 1.81. The fourth-order valence-electron chi connectivity index (χ4n) is 2.15. The Morgan fingerprint density at radius 1 is 1.21 bits per heavy atom. The molecule has 3 rings (SSSR count). The third kappa shape index (κ3) is 3.55. The first kappa shape index (κ1) is 16.0. The molecule has 122 valence electrons. The number of ether oxygens (including phenoxy) is 1. The molecule has 1 aromatic heterocycles. The fraction of sp³-hybridized carbons (Fsp3) is 0.118. The Kier molecular flexibility index (Phi) is 4.77. The number of benzene rings is 2. The molecular formula is C17H14ClN3O3. The number of anilines is 1. The minimum absolute atomic E-state index is 0.240. The Bertz CT molecular complexity index is 846. The SMILES string of the molecule is CCOc1ccc(-c2nonc2NC(=O)c2cccc(Cl)c2)cc1. The normalized spacial score (nSPS) is 10.4. The van der Waals surface area contributed by atoms with Gasteiger partial charge in [-0.15, -0.1) is 0 Å². The summed E-state index contributed by atoms with van der Waals surface area (Å²) in [5, 5.41) is 10.8. The number of carbonyl (C=O) groups is 1. The third-order valence-electron chi connectivity index (χ3n) is 3.25. The highest BCUT2D eigenvalue weighted by Gasteiger charge is 2.16. The zero-order valence-corrected chi connectivity index (χ0v) is 13.6. The Morgan fingerprint density at radius 2 is 2.00 bits per heavy atom. The molecule has 3 aromatic rings. The van der Waals surface area contributed by atoms with E-state index < -0.39 is 0 Å². The fourth-order valence-corrected chi connectivity index (χ4v) is 2.34. The summed E-state index contributed by atoms with van der Waals surface area (Å²) in [5.41, 5.74) is 1.61. The van der Waals surface area contributed by atoms with E-state index in [9.17, 15) is 4.79 Å². The highest BCUT2D eigenvalue weighted by Crippen LogP contribution is 2.26. The lowest BCUT2D eigenvalue weighted by atomic mass is 10.1. The average molecular weight is 344 g/mol. The second-order valence-corrected chi connectivity index (χ2v) is 5.32. The van der Waals surface area contributed by atoms with Gasteiger partial charge in [0.25, 0.3) is 5.91 Å². The van der Waals surface area contributed by atoms with Crippen molar-refractivity contribution in [3.8, 4) is 17.0 Å². The van der Waals surface area contributed by atoms with E-state index in [1.807, 2.05) is 31.2 Å². The van der Waals surface area contributed by atoms with Gasteiger partial charge in [-0.2, -0.15) is 0 Å². The maximum atomic E-state index is 12.3. The molecule has 0 fully saturated rings. The van der Waals surface area contributed by atoms with Crippen molar-refractivity contribution in [2.75, 3.05) is 11.9 Å². The molecule has 1 heterocycles. The zero-order chi connectivity index (χ0) is 16.9. The molecule has 0 radical (unpaired) electrons. The standard InChI is InChI=1S/C17H14ClN3O3/c1-2-23-14-8-6-11(7-9-14)15-16(21-24-20-15)19-17(22)12-4-3-5-13(18)10-12/h3-10H,2H2,1H3,(H,19,21,22). The molecule has 2 aromatic carbocycles. The van der Waals surface area contributed by atoms with Gasteiger partial charge in [-0.25, -0.2) is 4.63 Å². The van der Waals surface area contributed by atoms with Crippen LogP contribution in [-0.4, -0.2) is 22.8 Å². The van der Waals surface area contributed by atoms with Crippen molar-refractivity contribution in [2.45, 2.75) is 6.92 Å². The zero-order valence-electron chi connectivity index (χ0n) is 12.8. The van der Waals surface area contributed by atoms with Crippen molar-refractivity contribution in [3.05, 3.63) is 59.1 Å². The van der Waals surface area contributed by atoms with E-state index in [1.165, 1.54) is 0 Å². The Morgan fingerprint density at radius 3 is 2.71 bits per heavy atom. The van der Waals surface area contributed by atoms with E-state index in [0.717, 1.165) is 11.3 Å². The molecule has 0 aliphatic heterocycles. The molecule has 1 N–H and O–H groups in total. The number of aromatic nitrogens is 2. The first-order valence-electron chi connectivity index (χ1n) is 7.30. The largest absolute Gasteiger partial charge is 0.494 e. The van der Waals surface area contributed by atoms with Gasteiger partial charge in [-0.1, -0.05) is 17.7 Å². The summed E-state index contributed by atoms with van der Waals surface area (Å²) in [6.07, 6.45) is 0. The molecular weight excluding hydrogens is 330 g/mol. The molecule has 6 nitrogen and oxygen atoms in total. The molecule has 7 heteroatoms. The van der Waals surface area contributed by atoms with Gasteiger partial charge in [0.2, 0.25) is 5.82 Å². The summed E-state index contributed by atoms with van der Waals surface area (Å²) >= 11 is 5.90. The van der Waals surface area contributed by atoms with Crippen molar-refractivity contribution in [1.29, 1.82) is 0 Å². The van der Waals surface area contributed by atoms with E-state index in [1.54, 1.807) is 24.3 Å². The van der Waals surface area contributed by atoms with Crippen LogP contribution in [0.15, 0.2) is 53.2 Å². The first-order valence-corrected chi connectivity index (χ1v) is 7.68. The molecule has 0 unspecified atom stereocenters. The summed E-state index contributed by atoms with van der Waals surface area (Å²) in [4.78, 5) is 12.3. The molecule has 24 heavy (non-hydrogen) atoms. The minimum Gasteiger partial charge on any atom is -0.494 e. The van der Waals surface area contributed by atoms with Gasteiger partial charge in [0, 0.05) is 16.1 Å². The van der Waals surface area contributed by atoms with E-state index in [4.69, 9.17) is 21.0 Å². The number of nitrogens with zero attached hydrogens (tertiary/aromatic N) is 2. The predicted molar refractivity (Wildman–Crippen MR) is 90.3 cm³/mol. The lowest BCUT2D eigenvalue weighted by Gasteiger charge is -2.05. The highest BCUT2D eigenvalue weighted by atomic mass is 35.5. The van der Waals surface area contributed by atoms with Crippen LogP contribution in [-0.2, 0) is 0 Å². The minimum atomic E-state index is -0.347. The van der Waals surface area contributed by atoms with Crippen LogP contribution in [0.4, 0.5) is 5.82 Å². The molecule has 0 aliphatic rings. The number of halogens is 1. The van der Waals surface area contributed by atoms with Gasteiger partial charge in [-0.3, -0.25) is 4.79 Å². The summed E-state index contributed by atoms with van der Waals surface area (Å²) in [6, 6.07) is 13.9. The maximum Gasteiger partial charge on any atom is 0.257 e. The lowest BCUT2D eigenvalue weighted by molar-refractivity contribution is 0.102. The first-order chi connectivity index (χ1) is 11.7. The molecule has 0 saturated heterocycles. The quantitative estimate of drug-likeness (QED) is 0.756. The van der Waals surface area contributed by atoms with Crippen LogP contribution >= 0.6 is 11.6 Å². The lowest BCUT2D eigenvalue weighted by Crippen LogP contribution is -2.12. The number of amides is 1. The number of hydrogen-bond acceptors (Lipinski definition) is 5. The number of carbonyl (C=O) groups excluding carboxylic acids is 1. The van der Waals surface area contributed by atoms with Crippen LogP contribution < -0.4 is 10.1 Å². The average Bonchev–Trinajstić information content (AvgIpc) is 3.04. The molecule has 0 atom stereocenters. The number of rotatable bonds is 5. The van der Waals surface area contributed by atoms with Crippen molar-refractivity contribution in [2.24, 2.45) is 0 Å². The van der Waals surface area contributed by atoms with E-state index in [0.29, 0.717) is 22.9 Å². The summed E-state index contributed by atoms with van der Waals surface area (Å²) < 4.78 is 10.2. The molecule has 0 saturated carbocycles. The van der Waals surface area contributed by atoms with Crippen molar-refractivity contribution < 1.29 is 14.2 Å². The third-order valence-corrected chi connectivity index (χ3v) is 3.48. The van der Waals surface area contributed by atoms with Crippen molar-refractivity contribution >= 4 is 23.3 Å². The molecule has 0 aliphatic carbocycles. The van der Waals surface area contributed by atoms with Gasteiger partial charge < -0.3 is 10.1 Å². The molecule has 1 amide bonds. The molecule has 0 spiro atoms. The predicted octanol–water partition coefficient (Wildman–Crippen LogP) is 4.04. The monoisotopic (exact) mass is 343 g/mol. The highest BCUT2D eigenvalue weighted by molar-refractivity contribution is 6.31. The smallest absolute Gasteiger partial charge is 0.257 e. The van der Waals surface area contributed by atoms with Gasteiger partial charge in [0.05, 0.1) is 6.61 Å². The van der Waals surface area contributed by atoms with Crippen LogP contribution in [0.5, 0.6) is 5.75 Å². The van der Waals surface area contributed by atoms with Crippen molar-refractivity contribution in [3.63, 3.8) is 0 Å². The van der Waals surface area contributed by atoms with E-state index in [-0.39, 0.29) is 11.7 Å². The summed E-state index contributed by atoms with van der Waals surface area (Å²) in [6.45, 7) is 2.50. The Hall–Kier alpha value is -2.86. The second-order valence-electron chi connectivity index (χ2n) is 4.88. The van der Waals surface area contributed by atoms with Crippen LogP contribution in [0.2, 0.25) is 5.02 Å². The maximum absolute atomic E-state index is 12.3. The van der Waals surface area contributed by atoms with Gasteiger partial charge in [0.15, 0.2) is 5.69 Å². The van der Waals surface area contributed by atoms with Gasteiger partial charge in [-0.05, 0) is 59.7 Å². The number of hydrogen-bond donors (Lipinski definition) is 1. The van der Waals surface area contributed by atoms with Gasteiger partial charge in [0.1, 0.15) is 5.75 Å². The van der Waals surface area contributed by atoms with Crippen LogP contribution in [0, 0.1) is 0 Å². The summed E-state index contributed by atoms with van der Waals surface area (Å²) in [5.74, 6) is 0.645. The topological polar surface area (TPSA) is 77.2 Å². The Labute approximate surface area is 143 Å². The van der Waals surface area contributed by atoms with Crippen molar-refractivity contribution in [1.82, 2.24) is 10.3 Å². The molecule has 0 bridgehead atoms. The van der Waals surface area contributed by atoms with Crippen LogP contribution in [0.3, 0.4) is 0 Å². The van der Waals surface area contributed by atoms with E-state index >= 15 is 0 Å². The van der Waals surface area contributed by atoms with Crippen LogP contribution in [0.25, 0.3) is 11.3 Å².